The van der Waals surface area contributed by atoms with E-state index in [2.05, 4.69) is 5.32 Å². The molecule has 1 atom stereocenters. The van der Waals surface area contributed by atoms with Gasteiger partial charge in [-0.05, 0) is 24.0 Å². The maximum Gasteiger partial charge on any atom is 0.234 e. The van der Waals surface area contributed by atoms with Gasteiger partial charge in [0.15, 0.2) is 0 Å². The van der Waals surface area contributed by atoms with Crippen LogP contribution in [0.2, 0.25) is 0 Å². The van der Waals surface area contributed by atoms with Gasteiger partial charge in [-0.25, -0.2) is 4.39 Å². The summed E-state index contributed by atoms with van der Waals surface area (Å²) in [7, 11) is 0. The first-order valence-electron chi connectivity index (χ1n) is 6.12. The van der Waals surface area contributed by atoms with Crippen LogP contribution in [0.25, 0.3) is 0 Å². The average molecular weight is 249 g/mol. The number of halogens is 1. The standard InChI is InChI=1S/C14H16FNO2/c1-8(2)9-3-4-10(12(15)7-9)11-5-6-13(17)16-14(11)18/h3-4,7-8,11H,5-6H2,1-2H3,(H,16,17,18). The molecule has 1 unspecified atom stereocenters. The van der Waals surface area contributed by atoms with Crippen LogP contribution in [0.5, 0.6) is 0 Å². The lowest BCUT2D eigenvalue weighted by Gasteiger charge is -2.22. The molecule has 1 heterocycles. The van der Waals surface area contributed by atoms with Gasteiger partial charge in [-0.1, -0.05) is 26.0 Å². The zero-order valence-corrected chi connectivity index (χ0v) is 10.5. The summed E-state index contributed by atoms with van der Waals surface area (Å²) in [6.45, 7) is 3.97. The quantitative estimate of drug-likeness (QED) is 0.818. The van der Waals surface area contributed by atoms with Crippen molar-refractivity contribution in [2.75, 3.05) is 0 Å². The molecule has 0 spiro atoms. The summed E-state index contributed by atoms with van der Waals surface area (Å²) < 4.78 is 14.0. The number of rotatable bonds is 2. The van der Waals surface area contributed by atoms with Crippen molar-refractivity contribution in [3.8, 4) is 0 Å². The highest BCUT2D eigenvalue weighted by atomic mass is 19.1. The molecule has 2 rings (SSSR count). The summed E-state index contributed by atoms with van der Waals surface area (Å²) in [5.41, 5.74) is 1.29. The lowest BCUT2D eigenvalue weighted by molar-refractivity contribution is -0.134. The van der Waals surface area contributed by atoms with Crippen LogP contribution in [0.3, 0.4) is 0 Å². The van der Waals surface area contributed by atoms with Crippen molar-refractivity contribution in [3.05, 3.63) is 35.1 Å². The number of hydrogen-bond donors (Lipinski definition) is 1. The van der Waals surface area contributed by atoms with Crippen molar-refractivity contribution >= 4 is 11.8 Å². The van der Waals surface area contributed by atoms with Crippen LogP contribution in [0, 0.1) is 5.82 Å². The van der Waals surface area contributed by atoms with E-state index in [9.17, 15) is 14.0 Å². The monoisotopic (exact) mass is 249 g/mol. The van der Waals surface area contributed by atoms with Crippen LogP contribution in [-0.2, 0) is 9.59 Å². The molecule has 2 amide bonds. The molecule has 1 aliphatic rings. The second-order valence-corrected chi connectivity index (χ2v) is 4.94. The lowest BCUT2D eigenvalue weighted by atomic mass is 9.88. The molecule has 96 valence electrons. The first kappa shape index (κ1) is 12.7. The number of carbonyl (C=O) groups is 2. The highest BCUT2D eigenvalue weighted by Gasteiger charge is 2.29. The van der Waals surface area contributed by atoms with Gasteiger partial charge in [0.2, 0.25) is 11.8 Å². The van der Waals surface area contributed by atoms with Gasteiger partial charge in [-0.2, -0.15) is 0 Å². The molecule has 18 heavy (non-hydrogen) atoms. The maximum atomic E-state index is 14.0. The minimum Gasteiger partial charge on any atom is -0.296 e. The third kappa shape index (κ3) is 2.42. The Bertz CT molecular complexity index is 497. The Kier molecular flexibility index (Phi) is 3.45. The van der Waals surface area contributed by atoms with Crippen LogP contribution in [-0.4, -0.2) is 11.8 Å². The molecule has 1 aromatic rings. The van der Waals surface area contributed by atoms with Gasteiger partial charge >= 0.3 is 0 Å². The van der Waals surface area contributed by atoms with Gasteiger partial charge in [0.05, 0.1) is 5.92 Å². The van der Waals surface area contributed by atoms with Crippen molar-refractivity contribution in [2.45, 2.75) is 38.5 Å². The first-order chi connectivity index (χ1) is 8.49. The van der Waals surface area contributed by atoms with Crippen molar-refractivity contribution in [2.24, 2.45) is 0 Å². The molecule has 0 saturated carbocycles. The van der Waals surface area contributed by atoms with Gasteiger partial charge < -0.3 is 0 Å². The minimum absolute atomic E-state index is 0.246. The highest BCUT2D eigenvalue weighted by Crippen LogP contribution is 2.28. The fourth-order valence-electron chi connectivity index (χ4n) is 2.18. The number of benzene rings is 1. The molecular formula is C14H16FNO2. The fraction of sp³-hybridized carbons (Fsp3) is 0.429. The highest BCUT2D eigenvalue weighted by molar-refractivity contribution is 6.00. The number of carbonyl (C=O) groups excluding carboxylic acids is 2. The SMILES string of the molecule is CC(C)c1ccc(C2CCC(=O)NC2=O)c(F)c1. The fourth-order valence-corrected chi connectivity index (χ4v) is 2.18. The zero-order valence-electron chi connectivity index (χ0n) is 10.5. The normalized spacial score (nSPS) is 20.1. The Morgan fingerprint density at radius 2 is 2.06 bits per heavy atom. The van der Waals surface area contributed by atoms with Gasteiger partial charge in [0.1, 0.15) is 5.82 Å². The predicted octanol–water partition coefficient (Wildman–Crippen LogP) is 2.47. The zero-order chi connectivity index (χ0) is 13.3. The Balaban J connectivity index is 2.28. The minimum atomic E-state index is -0.552. The Labute approximate surface area is 105 Å². The number of piperidine rings is 1. The molecule has 4 heteroatoms. The van der Waals surface area contributed by atoms with E-state index in [1.807, 2.05) is 19.9 Å². The van der Waals surface area contributed by atoms with E-state index in [0.717, 1.165) is 5.56 Å². The summed E-state index contributed by atoms with van der Waals surface area (Å²) in [6, 6.07) is 4.97. The molecule has 0 radical (unpaired) electrons. The second-order valence-electron chi connectivity index (χ2n) is 4.94. The van der Waals surface area contributed by atoms with Crippen LogP contribution in [0.15, 0.2) is 18.2 Å². The second kappa shape index (κ2) is 4.88. The largest absolute Gasteiger partial charge is 0.296 e. The van der Waals surface area contributed by atoms with Gasteiger partial charge in [0, 0.05) is 12.0 Å². The van der Waals surface area contributed by atoms with Crippen LogP contribution < -0.4 is 5.32 Å². The topological polar surface area (TPSA) is 46.2 Å². The van der Waals surface area contributed by atoms with Crippen LogP contribution >= 0.6 is 0 Å². The molecule has 0 aromatic heterocycles. The van der Waals surface area contributed by atoms with Crippen LogP contribution in [0.1, 0.15) is 49.7 Å². The van der Waals surface area contributed by atoms with E-state index in [1.165, 1.54) is 6.07 Å². The third-order valence-electron chi connectivity index (χ3n) is 3.31. The molecule has 1 aromatic carbocycles. The Morgan fingerprint density at radius 3 is 2.61 bits per heavy atom. The summed E-state index contributed by atoms with van der Waals surface area (Å²) in [6.07, 6.45) is 0.643. The van der Waals surface area contributed by atoms with Gasteiger partial charge in [0.25, 0.3) is 0 Å². The van der Waals surface area contributed by atoms with Gasteiger partial charge in [-0.3, -0.25) is 14.9 Å². The van der Waals surface area contributed by atoms with Crippen molar-refractivity contribution in [1.82, 2.24) is 5.32 Å². The third-order valence-corrected chi connectivity index (χ3v) is 3.31. The van der Waals surface area contributed by atoms with Crippen molar-refractivity contribution < 1.29 is 14.0 Å². The van der Waals surface area contributed by atoms with Gasteiger partial charge in [-0.15, -0.1) is 0 Å². The number of amides is 2. The summed E-state index contributed by atoms with van der Waals surface area (Å²) in [4.78, 5) is 22.7. The lowest BCUT2D eigenvalue weighted by Crippen LogP contribution is -2.39. The van der Waals surface area contributed by atoms with E-state index in [0.29, 0.717) is 12.0 Å². The van der Waals surface area contributed by atoms with Crippen molar-refractivity contribution in [3.63, 3.8) is 0 Å². The maximum absolute atomic E-state index is 14.0. The number of nitrogens with one attached hydrogen (secondary N) is 1. The number of imide groups is 1. The summed E-state index contributed by atoms with van der Waals surface area (Å²) in [5, 5.41) is 2.25. The summed E-state index contributed by atoms with van der Waals surface area (Å²) >= 11 is 0. The molecule has 1 N–H and O–H groups in total. The molecule has 1 aliphatic heterocycles. The Hall–Kier alpha value is -1.71. The number of hydrogen-bond acceptors (Lipinski definition) is 2. The van der Waals surface area contributed by atoms with E-state index < -0.39 is 11.8 Å². The van der Waals surface area contributed by atoms with E-state index >= 15 is 0 Å². The molecular weight excluding hydrogens is 233 g/mol. The van der Waals surface area contributed by atoms with Crippen molar-refractivity contribution in [1.29, 1.82) is 0 Å². The molecule has 3 nitrogen and oxygen atoms in total. The van der Waals surface area contributed by atoms with E-state index in [4.69, 9.17) is 0 Å². The van der Waals surface area contributed by atoms with E-state index in [-0.39, 0.29) is 24.1 Å². The summed E-state index contributed by atoms with van der Waals surface area (Å²) in [5.74, 6) is -1.35. The smallest absolute Gasteiger partial charge is 0.234 e. The molecule has 1 fully saturated rings. The first-order valence-corrected chi connectivity index (χ1v) is 6.12. The molecule has 1 saturated heterocycles. The Morgan fingerprint density at radius 1 is 1.33 bits per heavy atom. The predicted molar refractivity (Wildman–Crippen MR) is 65.6 cm³/mol. The molecule has 0 aliphatic carbocycles. The molecule has 0 bridgehead atoms. The van der Waals surface area contributed by atoms with Crippen LogP contribution in [0.4, 0.5) is 4.39 Å². The van der Waals surface area contributed by atoms with E-state index in [1.54, 1.807) is 6.07 Å². The average Bonchev–Trinajstić information content (AvgIpc) is 2.30.